The highest BCUT2D eigenvalue weighted by molar-refractivity contribution is 7.92. The Morgan fingerprint density at radius 1 is 0.453 bits per heavy atom. The Morgan fingerprint density at radius 2 is 0.766 bits per heavy atom. The number of alkyl halides is 3. The summed E-state index contributed by atoms with van der Waals surface area (Å²) in [4.78, 5) is 48.3. The molecule has 732 valence electrons. The Labute approximate surface area is 810 Å². The molecule has 5 heterocycles. The maximum Gasteiger partial charge on any atom is 0.421 e. The topological polar surface area (TPSA) is 453 Å². The minimum atomic E-state index is -4.81. The minimum Gasteiger partial charge on any atom is -0.495 e. The Hall–Kier alpha value is -10.9. The number of sulfone groups is 3. The van der Waals surface area contributed by atoms with E-state index < -0.39 is 91.4 Å². The molecule has 1 aliphatic heterocycles. The normalized spacial score (nSPS) is 16.0. The second kappa shape index (κ2) is 44.0. The molecule has 2 unspecified atom stereocenters. The van der Waals surface area contributed by atoms with Gasteiger partial charge < -0.3 is 90.4 Å². The van der Waals surface area contributed by atoms with Gasteiger partial charge in [0.2, 0.25) is 29.7 Å². The third-order valence-corrected chi connectivity index (χ3v) is 37.5. The van der Waals surface area contributed by atoms with Gasteiger partial charge in [0, 0.05) is 58.9 Å². The molecule has 1 saturated heterocycles. The fourth-order valence-corrected chi connectivity index (χ4v) is 23.9. The van der Waals surface area contributed by atoms with Crippen LogP contribution in [0.5, 0.6) is 23.0 Å². The zero-order chi connectivity index (χ0) is 100. The second-order valence-corrected chi connectivity index (χ2v) is 55.5. The van der Waals surface area contributed by atoms with Crippen LogP contribution in [-0.4, -0.2) is 199 Å². The van der Waals surface area contributed by atoms with Crippen molar-refractivity contribution < 1.29 is 80.4 Å². The van der Waals surface area contributed by atoms with Crippen molar-refractivity contribution >= 4 is 207 Å². The van der Waals surface area contributed by atoms with Crippen LogP contribution in [0, 0.1) is 17.8 Å². The Balaban J connectivity index is 0.000000175. The summed E-state index contributed by atoms with van der Waals surface area (Å²) in [7, 11) is -12.7. The van der Waals surface area contributed by atoms with E-state index in [0.29, 0.717) is 108 Å². The lowest BCUT2D eigenvalue weighted by atomic mass is 9.88. The maximum absolute atomic E-state index is 13.7. The number of carbonyl (C=O) groups is 1. The van der Waals surface area contributed by atoms with Crippen molar-refractivity contribution in [2.75, 3.05) is 143 Å². The van der Waals surface area contributed by atoms with Crippen molar-refractivity contribution in [1.29, 1.82) is 0 Å². The van der Waals surface area contributed by atoms with Crippen molar-refractivity contribution in [3.05, 3.63) is 203 Å². The highest BCUT2D eigenvalue weighted by Crippen LogP contribution is 2.50. The largest absolute Gasteiger partial charge is 0.495 e. The Kier molecular flexibility index (Phi) is 34.2. The number of aromatic nitrogens is 8. The Bertz CT molecular complexity index is 6710. The summed E-state index contributed by atoms with van der Waals surface area (Å²) >= 11 is 19.0. The smallest absolute Gasteiger partial charge is 0.421 e. The van der Waals surface area contributed by atoms with Gasteiger partial charge >= 0.3 is 6.18 Å². The number of nitrogens with one attached hydrogen (secondary N) is 8. The molecule has 7 aromatic carbocycles. The number of nitrogens with zero attached hydrogens (tertiary/aromatic N) is 9. The van der Waals surface area contributed by atoms with E-state index in [1.54, 1.807) is 178 Å². The molecule has 4 aromatic heterocycles. The van der Waals surface area contributed by atoms with Crippen molar-refractivity contribution in [3.8, 4) is 23.0 Å². The van der Waals surface area contributed by atoms with E-state index >= 15 is 0 Å². The summed E-state index contributed by atoms with van der Waals surface area (Å²) < 4.78 is 190. The van der Waals surface area contributed by atoms with Crippen LogP contribution < -0.4 is 88.4 Å². The van der Waals surface area contributed by atoms with Crippen LogP contribution in [0.2, 0.25) is 15.1 Å². The summed E-state index contributed by atoms with van der Waals surface area (Å²) in [5.74, 6) is 2.39. The lowest BCUT2D eigenvalue weighted by Crippen LogP contribution is -2.41. The van der Waals surface area contributed by atoms with Gasteiger partial charge in [-0.05, 0) is 216 Å². The van der Waals surface area contributed by atoms with Crippen LogP contribution in [0.25, 0.3) is 0 Å². The highest BCUT2D eigenvalue weighted by Gasteiger charge is 2.48. The molecule has 2 fully saturated rings. The summed E-state index contributed by atoms with van der Waals surface area (Å²) in [5, 5.41) is 25.6. The molecular formula is C91H108Cl3F3N18O15P4S3. The van der Waals surface area contributed by atoms with Crippen LogP contribution in [-0.2, 0) is 58.7 Å². The number of carbonyl (C=O) groups excluding carboxylic acids is 1. The third-order valence-electron chi connectivity index (χ3n) is 22.4. The number of nitrogens with two attached hydrogens (primary N) is 1. The summed E-state index contributed by atoms with van der Waals surface area (Å²) in [6, 6.07) is 39.4. The van der Waals surface area contributed by atoms with Crippen molar-refractivity contribution in [3.63, 3.8) is 0 Å². The van der Waals surface area contributed by atoms with Gasteiger partial charge in [-0.15, -0.1) is 0 Å². The molecular weight excluding hydrogens is 1970 g/mol. The first-order chi connectivity index (χ1) is 64.3. The van der Waals surface area contributed by atoms with Crippen LogP contribution in [0.4, 0.5) is 100 Å². The van der Waals surface area contributed by atoms with Crippen molar-refractivity contribution in [2.45, 2.75) is 90.6 Å². The number of primary amides is 1. The molecule has 2 aliphatic carbocycles. The molecule has 46 heteroatoms. The lowest BCUT2D eigenvalue weighted by Gasteiger charge is -2.30. The average Bonchev–Trinajstić information content (AvgIpc) is 1.56. The van der Waals surface area contributed by atoms with Crippen LogP contribution >= 0.6 is 63.4 Å². The first kappa shape index (κ1) is 107. The van der Waals surface area contributed by atoms with Crippen LogP contribution in [0.1, 0.15) is 53.5 Å². The number of hydrogen-bond acceptors (Lipinski definition) is 32. The maximum atomic E-state index is 13.7. The van der Waals surface area contributed by atoms with Crippen LogP contribution in [0.15, 0.2) is 197 Å². The molecule has 33 nitrogen and oxygen atoms in total. The predicted molar refractivity (Wildman–Crippen MR) is 542 cm³/mol. The van der Waals surface area contributed by atoms with E-state index in [9.17, 15) is 61.5 Å². The molecule has 1 saturated carbocycles. The van der Waals surface area contributed by atoms with Crippen LogP contribution in [0.3, 0.4) is 0 Å². The molecule has 137 heavy (non-hydrogen) atoms. The first-order valence-corrected chi connectivity index (χ1v) is 58.2. The number of hydrogen-bond donors (Lipinski definition) is 9. The first-order valence-electron chi connectivity index (χ1n) is 42.6. The predicted octanol–water partition coefficient (Wildman–Crippen LogP) is 18.4. The zero-order valence-corrected chi connectivity index (χ0v) is 86.2. The van der Waals surface area contributed by atoms with Crippen molar-refractivity contribution in [1.82, 2.24) is 44.8 Å². The minimum absolute atomic E-state index is 0.0510. The number of ether oxygens (including phenoxy) is 4. The van der Waals surface area contributed by atoms with Gasteiger partial charge in [-0.3, -0.25) is 4.79 Å². The van der Waals surface area contributed by atoms with Gasteiger partial charge in [0.1, 0.15) is 78.0 Å². The Morgan fingerprint density at radius 3 is 1.11 bits per heavy atom. The summed E-state index contributed by atoms with van der Waals surface area (Å²) in [6.45, 7) is 21.1. The van der Waals surface area contributed by atoms with Crippen molar-refractivity contribution in [2.24, 2.45) is 23.5 Å². The van der Waals surface area contributed by atoms with Gasteiger partial charge in [0.05, 0.1) is 123 Å². The third kappa shape index (κ3) is 26.2. The SMILES string of the molecule is COc1cc(P(C)(C)=O)ccc1Nc1ncc(C(F)(F)F)c(Nc2ccccc2S(=O)(=O)C(C)C)n1.COc1cc(P(C)(C)=O)ccc1Nc1ncc(Cl)c(Nc2ccccc2S(=O)(=O)C(C)C)n1.COc1cc(P(C)(C)=O)ccc1Nc1ncc(Cl)c(Nc2ccccc2S(=O)(=O)C(C)C)n1.COc1cc(P2(=O)CCN(C)CC2)ccc1Nc1ncc(Cl)c(N[C@H]2C3C=CC(C3)[C@H]2C(N)=O)n1. The molecule has 10 N–H and O–H groups in total. The van der Waals surface area contributed by atoms with Gasteiger partial charge in [0.25, 0.3) is 0 Å². The quantitative estimate of drug-likeness (QED) is 0.0144. The second-order valence-electron chi connectivity index (χ2n) is 34.0. The molecule has 2 bridgehead atoms. The lowest BCUT2D eigenvalue weighted by molar-refractivity contribution is -0.137. The molecule has 1 amide bonds. The summed E-state index contributed by atoms with van der Waals surface area (Å²) in [5.41, 5.74) is 7.32. The number of halogens is 6. The number of rotatable bonds is 31. The van der Waals surface area contributed by atoms with Gasteiger partial charge in [-0.25, -0.2) is 45.2 Å². The fourth-order valence-electron chi connectivity index (χ4n) is 14.5. The summed E-state index contributed by atoms with van der Waals surface area (Å²) in [6.07, 6.45) is 6.54. The number of allylic oxidation sites excluding steroid dienone is 1. The van der Waals surface area contributed by atoms with E-state index in [1.165, 1.54) is 78.0 Å². The van der Waals surface area contributed by atoms with E-state index in [2.05, 4.69) is 99.5 Å². The number of methoxy groups -OCH3 is 4. The molecule has 0 spiro atoms. The average molecular weight is 2080 g/mol. The molecule has 0 radical (unpaired) electrons. The van der Waals surface area contributed by atoms with Gasteiger partial charge in [0.15, 0.2) is 47.0 Å². The number of para-hydroxylation sites is 3. The molecule has 4 atom stereocenters. The van der Waals surface area contributed by atoms with Gasteiger partial charge in [-0.1, -0.05) is 83.4 Å². The molecule has 3 aliphatic rings. The van der Waals surface area contributed by atoms with Gasteiger partial charge in [-0.2, -0.15) is 33.1 Å². The standard InChI is InChI=1S/C24H30ClN6O3P.C23H26F3N4O4PS.2C22H26ClN4O4PS/c1-31-7-9-35(33,10-8-31)16-5-6-18(19(12-16)34-2)28-24-27-13-17(25)23(30-24)29-21-15-4-3-14(11-15)20(21)22(26)32;1-14(2)36(32,33)20-9-7-6-8-18(20)28-21-16(23(24,25)26)13-27-22(30-21)29-17-11-10-15(35(4,5)31)12-19(17)34-3;2*1-14(2)33(29,30)20-9-7-6-8-18(20)25-21-16(23)13-24-22(27-21)26-17-11-10-15(32(4,5)28)12-19(17)31-3/h3-6,12-15,20-21H,7-11H2,1-2H3,(H2,26,32)(H2,27,28,29,30);6-14H,1-5H3,(H2,27,28,29,30);2*6-14H,1-5H3,(H2,24,25,26,27)/t14?,15?,20-,21+;;;/m1.../s1. The van der Waals surface area contributed by atoms with E-state index in [0.717, 1.165) is 24.8 Å². The fraction of sp³-hybridized carbons (Fsp3) is 0.330. The van der Waals surface area contributed by atoms with E-state index in [1.807, 2.05) is 25.2 Å². The number of fused-ring (bicyclic) bond motifs is 2. The molecule has 11 aromatic rings. The monoisotopic (exact) mass is 2070 g/mol. The van der Waals surface area contributed by atoms with E-state index in [-0.39, 0.29) is 89.6 Å². The zero-order valence-electron chi connectivity index (χ0n) is 77.9. The highest BCUT2D eigenvalue weighted by atomic mass is 35.5. The number of anilines is 15. The van der Waals surface area contributed by atoms with E-state index in [4.69, 9.17) is 59.5 Å². The number of benzene rings is 7. The molecule has 14 rings (SSSR count). The number of amides is 1.